The summed E-state index contributed by atoms with van der Waals surface area (Å²) in [5, 5.41) is 17.4. The highest BCUT2D eigenvalue weighted by molar-refractivity contribution is 6.02. The van der Waals surface area contributed by atoms with Gasteiger partial charge in [0, 0.05) is 50.8 Å². The van der Waals surface area contributed by atoms with Crippen LogP contribution < -0.4 is 20.4 Å². The summed E-state index contributed by atoms with van der Waals surface area (Å²) < 4.78 is 17.4. The quantitative estimate of drug-likeness (QED) is 0.227. The van der Waals surface area contributed by atoms with Crippen molar-refractivity contribution in [2.75, 3.05) is 23.9 Å². The maximum Gasteiger partial charge on any atom is 0.275 e. The van der Waals surface area contributed by atoms with Crippen LogP contribution >= 0.6 is 0 Å². The molecule has 2 atom stereocenters. The van der Waals surface area contributed by atoms with Gasteiger partial charge in [-0.2, -0.15) is 5.10 Å². The summed E-state index contributed by atoms with van der Waals surface area (Å²) in [5.41, 5.74) is 3.95. The molecular weight excluding hydrogens is 748 g/mol. The lowest BCUT2D eigenvalue weighted by molar-refractivity contribution is -0.120. The highest BCUT2D eigenvalue weighted by Gasteiger charge is 2.33. The number of hydrogen-bond donors (Lipinski definition) is 2. The maximum atomic E-state index is 14.4. The van der Waals surface area contributed by atoms with Crippen molar-refractivity contribution >= 4 is 35.3 Å². The predicted molar refractivity (Wildman–Crippen MR) is 206 cm³/mol. The van der Waals surface area contributed by atoms with Gasteiger partial charge < -0.3 is 10.6 Å². The van der Waals surface area contributed by atoms with Crippen LogP contribution in [-0.2, 0) is 35.5 Å². The zero-order valence-corrected chi connectivity index (χ0v) is 31.9. The van der Waals surface area contributed by atoms with Gasteiger partial charge in [-0.3, -0.25) is 48.6 Å². The topological polar surface area (TPSA) is 212 Å². The first kappa shape index (κ1) is 38.9. The Balaban J connectivity index is 0.000000177. The highest BCUT2D eigenvalue weighted by atomic mass is 19.1. The van der Waals surface area contributed by atoms with Crippen LogP contribution in [0.2, 0.25) is 0 Å². The largest absolute Gasteiger partial charge is 0.339 e. The highest BCUT2D eigenvalue weighted by Crippen LogP contribution is 2.23. The van der Waals surface area contributed by atoms with Crippen molar-refractivity contribution in [2.24, 2.45) is 0 Å². The minimum Gasteiger partial charge on any atom is -0.339 e. The van der Waals surface area contributed by atoms with E-state index in [1.165, 1.54) is 20.7 Å². The molecule has 0 saturated heterocycles. The van der Waals surface area contributed by atoms with E-state index in [1.54, 1.807) is 55.8 Å². The Morgan fingerprint density at radius 1 is 0.724 bits per heavy atom. The lowest BCUT2D eigenvalue weighted by Gasteiger charge is -2.20. The average molecular weight is 787 g/mol. The molecule has 58 heavy (non-hydrogen) atoms. The SMILES string of the molecule is CN1C(=O)[C@@H](NC(=O)c2cn(Cc3ccccc3)nn2)CCc2nccnc21.Cc1ncccc1Cn1cc(F)c(C(=O)N[C@H]2CCc3nccnc3N(C)C2=O)n1. The van der Waals surface area contributed by atoms with E-state index in [-0.39, 0.29) is 29.7 Å². The molecule has 0 bridgehead atoms. The van der Waals surface area contributed by atoms with Gasteiger partial charge in [0.05, 0.1) is 36.9 Å². The molecule has 296 valence electrons. The van der Waals surface area contributed by atoms with Gasteiger partial charge in [-0.15, -0.1) is 5.10 Å². The maximum absolute atomic E-state index is 14.4. The van der Waals surface area contributed by atoms with Gasteiger partial charge in [-0.25, -0.2) is 19.0 Å². The van der Waals surface area contributed by atoms with Crippen molar-refractivity contribution in [1.82, 2.24) is 60.3 Å². The zero-order valence-electron chi connectivity index (χ0n) is 31.9. The molecule has 4 amide bonds. The lowest BCUT2D eigenvalue weighted by Crippen LogP contribution is -2.47. The first-order chi connectivity index (χ1) is 28.0. The van der Waals surface area contributed by atoms with Gasteiger partial charge in [-0.05, 0) is 49.8 Å². The average Bonchev–Trinajstić information content (AvgIpc) is 3.81. The molecule has 0 unspecified atom stereocenters. The summed E-state index contributed by atoms with van der Waals surface area (Å²) in [5.74, 6) is -1.52. The van der Waals surface area contributed by atoms with Gasteiger partial charge in [0.2, 0.25) is 0 Å². The van der Waals surface area contributed by atoms with Crippen molar-refractivity contribution in [3.8, 4) is 0 Å². The number of hydrogen-bond acceptors (Lipinski definition) is 12. The van der Waals surface area contributed by atoms with Crippen LogP contribution in [0.25, 0.3) is 0 Å². The van der Waals surface area contributed by atoms with Gasteiger partial charge in [-0.1, -0.05) is 41.6 Å². The second-order valence-electron chi connectivity index (χ2n) is 13.6. The van der Waals surface area contributed by atoms with Crippen molar-refractivity contribution in [3.05, 3.63) is 131 Å². The molecule has 2 aliphatic heterocycles. The number of fused-ring (bicyclic) bond motifs is 2. The molecule has 8 rings (SSSR count). The lowest BCUT2D eigenvalue weighted by atomic mass is 10.1. The first-order valence-corrected chi connectivity index (χ1v) is 18.4. The Morgan fingerprint density at radius 3 is 1.95 bits per heavy atom. The Kier molecular flexibility index (Phi) is 11.6. The molecule has 0 radical (unpaired) electrons. The smallest absolute Gasteiger partial charge is 0.275 e. The van der Waals surface area contributed by atoms with E-state index >= 15 is 0 Å². The molecular formula is C39H39FN14O4. The number of carbonyl (C=O) groups excluding carboxylic acids is 4. The summed E-state index contributed by atoms with van der Waals surface area (Å²) in [7, 11) is 3.21. The molecule has 0 fully saturated rings. The molecule has 2 aliphatic rings. The first-order valence-electron chi connectivity index (χ1n) is 18.4. The van der Waals surface area contributed by atoms with Crippen molar-refractivity contribution in [1.29, 1.82) is 0 Å². The summed E-state index contributed by atoms with van der Waals surface area (Å²) in [6.07, 6.45) is 12.4. The van der Waals surface area contributed by atoms with E-state index in [2.05, 4.69) is 51.0 Å². The summed E-state index contributed by atoms with van der Waals surface area (Å²) in [4.78, 5) is 74.7. The van der Waals surface area contributed by atoms with E-state index < -0.39 is 29.7 Å². The number of amides is 4. The van der Waals surface area contributed by atoms with E-state index in [9.17, 15) is 23.6 Å². The molecule has 5 aromatic heterocycles. The number of pyridine rings is 1. The standard InChI is InChI=1S/C20H20FN7O2.C19H19N7O2/c1-12-13(4-3-7-22-12)10-28-11-14(21)17(26-28)19(29)25-16-6-5-15-18(24-9-8-23-15)27(2)20(16)30;1-25-17-14(20-9-10-21-17)7-8-15(19(25)28)22-18(27)16-12-26(24-23-16)11-13-5-3-2-4-6-13/h3-4,7-9,11,16H,5-6,10H2,1-2H3,(H,25,29);2-6,9-10,12,15H,7-8,11H2,1H3,(H,22,27)/t16-;15-/m00/s1. The van der Waals surface area contributed by atoms with Gasteiger partial charge in [0.25, 0.3) is 23.6 Å². The molecule has 1 aromatic carbocycles. The monoisotopic (exact) mass is 786 g/mol. The van der Waals surface area contributed by atoms with E-state index in [0.717, 1.165) is 28.7 Å². The predicted octanol–water partition coefficient (Wildman–Crippen LogP) is 2.10. The zero-order chi connectivity index (χ0) is 40.8. The van der Waals surface area contributed by atoms with Crippen LogP contribution in [0.1, 0.15) is 62.0 Å². The van der Waals surface area contributed by atoms with Crippen LogP contribution in [0.5, 0.6) is 0 Å². The molecule has 2 N–H and O–H groups in total. The van der Waals surface area contributed by atoms with Crippen LogP contribution in [0.15, 0.2) is 85.8 Å². The molecule has 18 nitrogen and oxygen atoms in total. The number of benzene rings is 1. The van der Waals surface area contributed by atoms with E-state index in [0.29, 0.717) is 49.6 Å². The number of nitrogens with one attached hydrogen (secondary N) is 2. The molecule has 6 aromatic rings. The van der Waals surface area contributed by atoms with E-state index in [1.807, 2.05) is 43.3 Å². The number of likely N-dealkylation sites (N-methyl/N-ethyl adjacent to an activating group) is 2. The second kappa shape index (κ2) is 17.2. The third-order valence-electron chi connectivity index (χ3n) is 9.69. The number of aryl methyl sites for hydroxylation is 3. The Hall–Kier alpha value is -7.31. The molecule has 19 heteroatoms. The van der Waals surface area contributed by atoms with Crippen molar-refractivity contribution < 1.29 is 23.6 Å². The van der Waals surface area contributed by atoms with Crippen molar-refractivity contribution in [2.45, 2.75) is 57.8 Å². The summed E-state index contributed by atoms with van der Waals surface area (Å²) in [6, 6.07) is 11.9. The van der Waals surface area contributed by atoms with Crippen LogP contribution in [0, 0.1) is 12.7 Å². The van der Waals surface area contributed by atoms with Crippen LogP contribution in [0.3, 0.4) is 0 Å². The second-order valence-corrected chi connectivity index (χ2v) is 13.6. The van der Waals surface area contributed by atoms with Gasteiger partial charge in [0.15, 0.2) is 28.8 Å². The normalized spacial score (nSPS) is 16.3. The number of carbonyl (C=O) groups is 4. The van der Waals surface area contributed by atoms with Gasteiger partial charge in [0.1, 0.15) is 12.1 Å². The fraction of sp³-hybridized carbons (Fsp3) is 0.282. The van der Waals surface area contributed by atoms with Crippen LogP contribution in [0.4, 0.5) is 16.0 Å². The van der Waals surface area contributed by atoms with Crippen LogP contribution in [-0.4, -0.2) is 99.5 Å². The Morgan fingerprint density at radius 2 is 1.33 bits per heavy atom. The summed E-state index contributed by atoms with van der Waals surface area (Å²) >= 11 is 0. The van der Waals surface area contributed by atoms with Gasteiger partial charge >= 0.3 is 0 Å². The Labute approximate surface area is 331 Å². The van der Waals surface area contributed by atoms with Crippen molar-refractivity contribution in [3.63, 3.8) is 0 Å². The third-order valence-corrected chi connectivity index (χ3v) is 9.69. The summed E-state index contributed by atoms with van der Waals surface area (Å²) in [6.45, 7) is 2.64. The number of aromatic nitrogens is 10. The molecule has 0 aliphatic carbocycles. The number of rotatable bonds is 8. The fourth-order valence-electron chi connectivity index (χ4n) is 6.59. The Bertz CT molecular complexity index is 2460. The molecule has 0 saturated carbocycles. The molecule has 0 spiro atoms. The fourth-order valence-corrected chi connectivity index (χ4v) is 6.59. The number of anilines is 2. The number of nitrogens with zero attached hydrogens (tertiary/aromatic N) is 12. The minimum atomic E-state index is -0.830. The third kappa shape index (κ3) is 8.72. The van der Waals surface area contributed by atoms with E-state index in [4.69, 9.17) is 0 Å². The molecule has 7 heterocycles. The minimum absolute atomic E-state index is 0.171. The number of halogens is 1.